The third-order valence-electron chi connectivity index (χ3n) is 21.9. The van der Waals surface area contributed by atoms with Crippen LogP contribution in [0.5, 0.6) is 23.0 Å². The Labute approximate surface area is 602 Å². The van der Waals surface area contributed by atoms with Crippen LogP contribution >= 0.6 is 23.2 Å². The normalized spacial score (nSPS) is 19.0. The molecule has 4 aliphatic rings. The van der Waals surface area contributed by atoms with Crippen molar-refractivity contribution in [3.8, 4) is 67.5 Å². The fraction of sp³-hybridized carbons (Fsp3) is 0.435. The van der Waals surface area contributed by atoms with E-state index >= 15 is 0 Å². The maximum atomic E-state index is 14.6. The number of hydrogen-bond acceptors (Lipinski definition) is 6. The van der Waals surface area contributed by atoms with Crippen LogP contribution in [0.1, 0.15) is 208 Å². The molecule has 4 atom stereocenters. The molecule has 101 heavy (non-hydrogen) atoms. The molecule has 0 saturated heterocycles. The van der Waals surface area contributed by atoms with Crippen LogP contribution in [-0.2, 0) is 25.0 Å². The monoisotopic (exact) mass is 1440 g/mol. The summed E-state index contributed by atoms with van der Waals surface area (Å²) >= 11 is 11.9. The lowest BCUT2D eigenvalue weighted by atomic mass is 9.75. The standard InChI is InChI=1S/2C21H23ClF2O.2C21H24F2O2.CH4/c2*1-21(2)8-4-5-18(21)16-9-13(12-22)20(24)11-15(16)17-10-14(25-3)6-7-19(17)23;2*1-21(2)8-4-5-18(21)16-9-13(12-24)20(23)11-15(16)17-10-14(25-3)6-7-19(17)22;/h2*6-7,9-11,18H,4-5,8,12H2,1-3H3;2*6-7,9-11,18,24H,4-5,8,12H2,1-3H3;1H4/t4*18-;/m1010./s1. The number of benzene rings is 8. The molecule has 8 aromatic carbocycles. The predicted octanol–water partition coefficient (Wildman–Crippen LogP) is 24.8. The first kappa shape index (κ1) is 79.6. The minimum absolute atomic E-state index is 0. The van der Waals surface area contributed by atoms with E-state index in [1.807, 2.05) is 12.1 Å². The van der Waals surface area contributed by atoms with Crippen LogP contribution in [0.2, 0.25) is 0 Å². The van der Waals surface area contributed by atoms with Crippen molar-refractivity contribution in [2.75, 3.05) is 28.4 Å². The van der Waals surface area contributed by atoms with E-state index in [2.05, 4.69) is 55.4 Å². The summed E-state index contributed by atoms with van der Waals surface area (Å²) in [4.78, 5) is 0. The summed E-state index contributed by atoms with van der Waals surface area (Å²) in [7, 11) is 6.12. The van der Waals surface area contributed by atoms with E-state index < -0.39 is 34.9 Å². The van der Waals surface area contributed by atoms with Crippen molar-refractivity contribution in [2.45, 2.75) is 189 Å². The van der Waals surface area contributed by atoms with Gasteiger partial charge in [0.2, 0.25) is 0 Å². The van der Waals surface area contributed by atoms with Gasteiger partial charge < -0.3 is 29.2 Å². The molecular formula is C85H98Cl2F8O6. The largest absolute Gasteiger partial charge is 0.497 e. The molecule has 12 rings (SSSR count). The number of halogens is 10. The molecular weight excluding hydrogens is 1340 g/mol. The maximum Gasteiger partial charge on any atom is 0.131 e. The zero-order chi connectivity index (χ0) is 72.8. The lowest BCUT2D eigenvalue weighted by molar-refractivity contribution is 0.274. The highest BCUT2D eigenvalue weighted by Gasteiger charge is 2.41. The van der Waals surface area contributed by atoms with Crippen LogP contribution < -0.4 is 18.9 Å². The molecule has 4 fully saturated rings. The van der Waals surface area contributed by atoms with Gasteiger partial charge in [-0.3, -0.25) is 0 Å². The number of hydrogen-bond donors (Lipinski definition) is 2. The van der Waals surface area contributed by atoms with Gasteiger partial charge in [0.05, 0.1) is 53.4 Å². The minimum Gasteiger partial charge on any atom is -0.497 e. The molecule has 0 heterocycles. The third kappa shape index (κ3) is 17.6. The van der Waals surface area contributed by atoms with Crippen LogP contribution in [0.15, 0.2) is 121 Å². The average molecular weight is 1440 g/mol. The molecule has 2 N–H and O–H groups in total. The number of rotatable bonds is 16. The molecule has 0 aromatic heterocycles. The van der Waals surface area contributed by atoms with Gasteiger partial charge in [0.15, 0.2) is 0 Å². The fourth-order valence-electron chi connectivity index (χ4n) is 16.0. The molecule has 544 valence electrons. The Morgan fingerprint density at radius 3 is 0.703 bits per heavy atom. The Kier molecular flexibility index (Phi) is 26.4. The minimum atomic E-state index is -0.515. The molecule has 0 aliphatic heterocycles. The Balaban J connectivity index is 0.000000171. The highest BCUT2D eigenvalue weighted by atomic mass is 35.5. The van der Waals surface area contributed by atoms with Crippen molar-refractivity contribution in [2.24, 2.45) is 21.7 Å². The van der Waals surface area contributed by atoms with Crippen LogP contribution in [0, 0.1) is 68.2 Å². The summed E-state index contributed by atoms with van der Waals surface area (Å²) in [5, 5.41) is 19.0. The molecule has 4 aliphatic carbocycles. The second-order valence-electron chi connectivity index (χ2n) is 29.8. The van der Waals surface area contributed by atoms with Gasteiger partial charge in [-0.05, 0) is 250 Å². The second kappa shape index (κ2) is 33.6. The first-order chi connectivity index (χ1) is 47.5. The quantitative estimate of drug-likeness (QED) is 0.0741. The van der Waals surface area contributed by atoms with Gasteiger partial charge in [-0.1, -0.05) is 101 Å². The molecule has 0 bridgehead atoms. The van der Waals surface area contributed by atoms with Gasteiger partial charge in [-0.25, -0.2) is 35.1 Å². The summed E-state index contributed by atoms with van der Waals surface area (Å²) in [6, 6.07) is 30.8. The van der Waals surface area contributed by atoms with Crippen LogP contribution in [-0.4, -0.2) is 38.7 Å². The molecule has 0 unspecified atom stereocenters. The zero-order valence-corrected chi connectivity index (χ0v) is 61.0. The highest BCUT2D eigenvalue weighted by Crippen LogP contribution is 2.56. The highest BCUT2D eigenvalue weighted by molar-refractivity contribution is 6.17. The number of methoxy groups -OCH3 is 4. The van der Waals surface area contributed by atoms with Crippen molar-refractivity contribution in [1.82, 2.24) is 0 Å². The molecule has 0 amide bonds. The van der Waals surface area contributed by atoms with Crippen LogP contribution in [0.25, 0.3) is 44.5 Å². The predicted molar refractivity (Wildman–Crippen MR) is 393 cm³/mol. The van der Waals surface area contributed by atoms with Crippen molar-refractivity contribution >= 4 is 23.2 Å². The molecule has 8 aromatic rings. The first-order valence-electron chi connectivity index (χ1n) is 34.5. The van der Waals surface area contributed by atoms with Gasteiger partial charge in [0, 0.05) is 44.5 Å². The van der Waals surface area contributed by atoms with E-state index in [1.165, 1.54) is 77.0 Å². The van der Waals surface area contributed by atoms with E-state index in [0.29, 0.717) is 78.6 Å². The van der Waals surface area contributed by atoms with Crippen molar-refractivity contribution < 1.29 is 64.3 Å². The van der Waals surface area contributed by atoms with E-state index in [9.17, 15) is 45.3 Å². The Bertz CT molecular complexity index is 3670. The smallest absolute Gasteiger partial charge is 0.131 e. The second-order valence-corrected chi connectivity index (χ2v) is 30.4. The summed E-state index contributed by atoms with van der Waals surface area (Å²) in [6.45, 7) is 16.9. The van der Waals surface area contributed by atoms with Crippen LogP contribution in [0.3, 0.4) is 0 Å². The Morgan fingerprint density at radius 2 is 0.525 bits per heavy atom. The third-order valence-corrected chi connectivity index (χ3v) is 22.5. The van der Waals surface area contributed by atoms with E-state index in [4.69, 9.17) is 42.1 Å². The average Bonchev–Trinajstić information content (AvgIpc) is 1.55. The first-order valence-corrected chi connectivity index (χ1v) is 35.5. The number of ether oxygens (including phenoxy) is 4. The van der Waals surface area contributed by atoms with Crippen molar-refractivity contribution in [3.05, 3.63) is 212 Å². The molecule has 6 nitrogen and oxygen atoms in total. The molecule has 4 saturated carbocycles. The molecule has 16 heteroatoms. The SMILES string of the molecule is C.COc1ccc(F)c(-c2cc(F)c(CCl)cc2[C@@H]2CCCC2(C)C)c1.COc1ccc(F)c(-c2cc(F)c(CCl)cc2[C@H]2CCCC2(C)C)c1.COc1ccc(F)c(-c2cc(F)c(CO)cc2[C@@H]2CCCC2(C)C)c1.COc1ccc(F)c(-c2cc(F)c(CO)cc2[C@H]2CCCC2(C)C)c1. The topological polar surface area (TPSA) is 77.4 Å². The Morgan fingerprint density at radius 1 is 0.317 bits per heavy atom. The van der Waals surface area contributed by atoms with Gasteiger partial charge in [-0.15, -0.1) is 23.2 Å². The summed E-state index contributed by atoms with van der Waals surface area (Å²) in [5.41, 5.74) is 9.18. The maximum absolute atomic E-state index is 14.6. The van der Waals surface area contributed by atoms with Crippen molar-refractivity contribution in [3.63, 3.8) is 0 Å². The summed E-state index contributed by atoms with van der Waals surface area (Å²) < 4.78 is 137. The van der Waals surface area contributed by atoms with Crippen molar-refractivity contribution in [1.29, 1.82) is 0 Å². The molecule has 0 spiro atoms. The lowest BCUT2D eigenvalue weighted by Crippen LogP contribution is -2.17. The number of aliphatic hydroxyl groups is 2. The number of aliphatic hydroxyl groups excluding tert-OH is 2. The molecule has 0 radical (unpaired) electrons. The van der Waals surface area contributed by atoms with Gasteiger partial charge in [0.25, 0.3) is 0 Å². The van der Waals surface area contributed by atoms with Gasteiger partial charge >= 0.3 is 0 Å². The van der Waals surface area contributed by atoms with Gasteiger partial charge in [0.1, 0.15) is 69.5 Å². The summed E-state index contributed by atoms with van der Waals surface area (Å²) in [6.07, 6.45) is 12.7. The van der Waals surface area contributed by atoms with E-state index in [-0.39, 0.29) is 100 Å². The lowest BCUT2D eigenvalue weighted by Gasteiger charge is -2.30. The van der Waals surface area contributed by atoms with E-state index in [0.717, 1.165) is 99.3 Å². The Hall–Kier alpha value is -7.10. The fourth-order valence-corrected chi connectivity index (χ4v) is 16.5. The van der Waals surface area contributed by atoms with Gasteiger partial charge in [-0.2, -0.15) is 0 Å². The van der Waals surface area contributed by atoms with Crippen LogP contribution in [0.4, 0.5) is 35.1 Å². The summed E-state index contributed by atoms with van der Waals surface area (Å²) in [5.74, 6) is -0.153. The number of alkyl halides is 2. The zero-order valence-electron chi connectivity index (χ0n) is 59.5. The van der Waals surface area contributed by atoms with E-state index in [1.54, 1.807) is 60.7 Å².